The molecule has 65 valence electrons. The summed E-state index contributed by atoms with van der Waals surface area (Å²) in [6, 6.07) is 3.78. The van der Waals surface area contributed by atoms with Gasteiger partial charge in [-0.15, -0.1) is 0 Å². The average molecular weight is 182 g/mol. The number of nitrogens with zero attached hydrogens (tertiary/aromatic N) is 1. The van der Waals surface area contributed by atoms with Gasteiger partial charge in [-0.2, -0.15) is 0 Å². The summed E-state index contributed by atoms with van der Waals surface area (Å²) in [4.78, 5) is 4.00. The van der Waals surface area contributed by atoms with Crippen molar-refractivity contribution in [3.05, 3.63) is 30.3 Å². The molecule has 1 radical (unpaired) electrons. The molecule has 0 bridgehead atoms. The van der Waals surface area contributed by atoms with Crippen molar-refractivity contribution in [2.24, 2.45) is 0 Å². The molecule has 0 aromatic carbocycles. The summed E-state index contributed by atoms with van der Waals surface area (Å²) in [7, 11) is 0. The number of hydrogen-bond donors (Lipinski definition) is 0. The summed E-state index contributed by atoms with van der Waals surface area (Å²) in [6.07, 6.45) is 6.40. The highest BCUT2D eigenvalue weighted by Gasteiger charge is 2.05. The minimum Gasteiger partial charge on any atom is -0.610 e. The van der Waals surface area contributed by atoms with Crippen LogP contribution < -0.4 is 0 Å². The van der Waals surface area contributed by atoms with Crippen molar-refractivity contribution in [2.45, 2.75) is 18.4 Å². The van der Waals surface area contributed by atoms with Gasteiger partial charge in [0, 0.05) is 23.4 Å². The first-order valence-electron chi connectivity index (χ1n) is 3.86. The zero-order chi connectivity index (χ0) is 8.97. The molecule has 0 fully saturated rings. The summed E-state index contributed by atoms with van der Waals surface area (Å²) in [5.41, 5.74) is 1.10. The highest BCUT2D eigenvalue weighted by molar-refractivity contribution is 7.90. The normalized spacial score (nSPS) is 12.9. The van der Waals surface area contributed by atoms with Crippen LogP contribution in [-0.4, -0.2) is 15.8 Å². The largest absolute Gasteiger partial charge is 0.610 e. The van der Waals surface area contributed by atoms with E-state index in [1.807, 2.05) is 12.1 Å². The van der Waals surface area contributed by atoms with Gasteiger partial charge in [-0.05, 0) is 24.5 Å². The zero-order valence-corrected chi connectivity index (χ0v) is 8.10. The van der Waals surface area contributed by atoms with E-state index in [0.717, 1.165) is 12.0 Å². The van der Waals surface area contributed by atoms with Crippen molar-refractivity contribution in [3.8, 4) is 0 Å². The van der Waals surface area contributed by atoms with Crippen LogP contribution in [0.15, 0.2) is 23.4 Å². The summed E-state index contributed by atoms with van der Waals surface area (Å²) < 4.78 is 11.0. The van der Waals surface area contributed by atoms with E-state index in [-0.39, 0.29) is 0 Å². The van der Waals surface area contributed by atoms with E-state index >= 15 is 0 Å². The Morgan fingerprint density at radius 2 is 2.42 bits per heavy atom. The number of rotatable bonds is 3. The Bertz CT molecular complexity index is 250. The lowest BCUT2D eigenvalue weighted by atomic mass is 10.2. The second-order valence-electron chi connectivity index (χ2n) is 2.49. The maximum atomic E-state index is 11.0. The maximum absolute atomic E-state index is 11.0. The van der Waals surface area contributed by atoms with Crippen LogP contribution in [0.1, 0.15) is 18.9 Å². The summed E-state index contributed by atoms with van der Waals surface area (Å²) in [5, 5.41) is 0.650. The lowest BCUT2D eigenvalue weighted by Crippen LogP contribution is -2.00. The quantitative estimate of drug-likeness (QED) is 0.668. The van der Waals surface area contributed by atoms with E-state index in [1.54, 1.807) is 12.5 Å². The molecule has 3 heteroatoms. The highest BCUT2D eigenvalue weighted by atomic mass is 32.2. The molecule has 0 N–H and O–H groups in total. The Kier molecular flexibility index (Phi) is 3.56. The lowest BCUT2D eigenvalue weighted by molar-refractivity contribution is 0.597. The molecule has 0 saturated carbocycles. The lowest BCUT2D eigenvalue weighted by Gasteiger charge is -2.03. The molecule has 0 aliphatic rings. The molecule has 1 rings (SSSR count). The zero-order valence-electron chi connectivity index (χ0n) is 7.28. The standard InChI is InChI=1S/C9H12NOS/c1-3-4-8-5-6-10-9(7-8)12(2)11/h4-7H,3H2,1-2H3/t12-/m0/s1. The van der Waals surface area contributed by atoms with Gasteiger partial charge in [0.2, 0.25) is 5.03 Å². The summed E-state index contributed by atoms with van der Waals surface area (Å²) >= 11 is -0.974. The van der Waals surface area contributed by atoms with Crippen LogP contribution in [0.4, 0.5) is 0 Å². The van der Waals surface area contributed by atoms with Gasteiger partial charge in [0.1, 0.15) is 6.26 Å². The third kappa shape index (κ3) is 2.50. The Morgan fingerprint density at radius 1 is 1.67 bits per heavy atom. The van der Waals surface area contributed by atoms with E-state index in [2.05, 4.69) is 18.3 Å². The molecule has 1 heterocycles. The van der Waals surface area contributed by atoms with Crippen molar-refractivity contribution >= 4 is 11.2 Å². The molecule has 0 aliphatic carbocycles. The average Bonchev–Trinajstić information content (AvgIpc) is 2.05. The van der Waals surface area contributed by atoms with E-state index in [4.69, 9.17) is 0 Å². The SMILES string of the molecule is CC[CH]c1ccnc([S@+](C)[O-])c1. The Labute approximate surface area is 76.2 Å². The van der Waals surface area contributed by atoms with Crippen molar-refractivity contribution < 1.29 is 4.55 Å². The van der Waals surface area contributed by atoms with Crippen LogP contribution in [0.3, 0.4) is 0 Å². The van der Waals surface area contributed by atoms with Crippen molar-refractivity contribution in [3.63, 3.8) is 0 Å². The van der Waals surface area contributed by atoms with Gasteiger partial charge >= 0.3 is 0 Å². The first kappa shape index (κ1) is 9.55. The van der Waals surface area contributed by atoms with Gasteiger partial charge in [-0.25, -0.2) is 4.98 Å². The Balaban J connectivity index is 2.81. The van der Waals surface area contributed by atoms with Gasteiger partial charge in [-0.3, -0.25) is 0 Å². The van der Waals surface area contributed by atoms with Gasteiger partial charge in [-0.1, -0.05) is 6.92 Å². The first-order valence-corrected chi connectivity index (χ1v) is 5.42. The fraction of sp³-hybridized carbons (Fsp3) is 0.333. The van der Waals surface area contributed by atoms with Crippen molar-refractivity contribution in [2.75, 3.05) is 6.26 Å². The summed E-state index contributed by atoms with van der Waals surface area (Å²) in [5.74, 6) is 0. The molecule has 0 spiro atoms. The molecule has 0 aliphatic heterocycles. The molecule has 0 amide bonds. The molecule has 12 heavy (non-hydrogen) atoms. The smallest absolute Gasteiger partial charge is 0.244 e. The van der Waals surface area contributed by atoms with E-state index < -0.39 is 11.2 Å². The minimum atomic E-state index is -0.974. The third-order valence-electron chi connectivity index (χ3n) is 1.49. The molecule has 1 aromatic rings. The van der Waals surface area contributed by atoms with Gasteiger partial charge < -0.3 is 4.55 Å². The molecule has 1 atom stereocenters. The van der Waals surface area contributed by atoms with Crippen molar-refractivity contribution in [1.82, 2.24) is 4.98 Å². The highest BCUT2D eigenvalue weighted by Crippen LogP contribution is 2.10. The fourth-order valence-electron chi connectivity index (χ4n) is 0.945. The molecule has 0 saturated heterocycles. The van der Waals surface area contributed by atoms with E-state index in [1.165, 1.54) is 0 Å². The van der Waals surface area contributed by atoms with E-state index in [9.17, 15) is 4.55 Å². The van der Waals surface area contributed by atoms with Gasteiger partial charge in [0.15, 0.2) is 0 Å². The number of pyridine rings is 1. The molecule has 1 aromatic heterocycles. The van der Waals surface area contributed by atoms with E-state index in [0.29, 0.717) is 5.03 Å². The van der Waals surface area contributed by atoms with Crippen LogP contribution in [0.2, 0.25) is 0 Å². The first-order chi connectivity index (χ1) is 5.74. The number of hydrogen-bond acceptors (Lipinski definition) is 2. The summed E-state index contributed by atoms with van der Waals surface area (Å²) in [6.45, 7) is 2.07. The molecular formula is C9H12NOS. The fourth-order valence-corrected chi connectivity index (χ4v) is 1.46. The van der Waals surface area contributed by atoms with Crippen LogP contribution >= 0.6 is 0 Å². The predicted molar refractivity (Wildman–Crippen MR) is 50.3 cm³/mol. The monoisotopic (exact) mass is 182 g/mol. The molecule has 2 nitrogen and oxygen atoms in total. The van der Waals surface area contributed by atoms with Gasteiger partial charge in [0.05, 0.1) is 0 Å². The van der Waals surface area contributed by atoms with Crippen molar-refractivity contribution in [1.29, 1.82) is 0 Å². The van der Waals surface area contributed by atoms with Crippen LogP contribution in [0, 0.1) is 6.42 Å². The second kappa shape index (κ2) is 4.48. The minimum absolute atomic E-state index is 0.650. The topological polar surface area (TPSA) is 36.0 Å². The Morgan fingerprint density at radius 3 is 3.00 bits per heavy atom. The molecular weight excluding hydrogens is 170 g/mol. The van der Waals surface area contributed by atoms with Gasteiger partial charge in [0.25, 0.3) is 0 Å². The van der Waals surface area contributed by atoms with Crippen LogP contribution in [0.25, 0.3) is 0 Å². The van der Waals surface area contributed by atoms with Crippen LogP contribution in [0.5, 0.6) is 0 Å². The second-order valence-corrected chi connectivity index (χ2v) is 3.82. The predicted octanol–water partition coefficient (Wildman–Crippen LogP) is 1.78. The molecule has 0 unspecified atom stereocenters. The Hall–Kier alpha value is -0.540. The number of aromatic nitrogens is 1. The third-order valence-corrected chi connectivity index (χ3v) is 2.31. The maximum Gasteiger partial charge on any atom is 0.244 e. The van der Waals surface area contributed by atoms with Crippen LogP contribution in [-0.2, 0) is 11.2 Å².